The van der Waals surface area contributed by atoms with Gasteiger partial charge in [-0.2, -0.15) is 0 Å². The molecule has 0 saturated heterocycles. The molecule has 0 amide bonds. The summed E-state index contributed by atoms with van der Waals surface area (Å²) < 4.78 is 0.151. The quantitative estimate of drug-likeness (QED) is 0.689. The third-order valence-corrected chi connectivity index (χ3v) is 2.27. The Morgan fingerprint density at radius 1 is 1.50 bits per heavy atom. The fraction of sp³-hybridized carbons (Fsp3) is 0.167. The van der Waals surface area contributed by atoms with E-state index in [1.807, 2.05) is 12.2 Å². The van der Waals surface area contributed by atoms with Crippen LogP contribution in [0.2, 0.25) is 0 Å². The van der Waals surface area contributed by atoms with Crippen molar-refractivity contribution in [2.75, 3.05) is 0 Å². The Bertz CT molecular complexity index is 208. The summed E-state index contributed by atoms with van der Waals surface area (Å²) in [5.41, 5.74) is 0. The first-order valence-electron chi connectivity index (χ1n) is 2.58. The number of hydrogen-bond donors (Lipinski definition) is 0. The molecule has 10 heavy (non-hydrogen) atoms. The van der Waals surface area contributed by atoms with Gasteiger partial charge < -0.3 is 0 Å². The topological polar surface area (TPSA) is 17.1 Å². The third-order valence-electron chi connectivity index (χ3n) is 0.892. The second-order valence-corrected chi connectivity index (χ2v) is 5.94. The minimum atomic E-state index is 0.104. The highest BCUT2D eigenvalue weighted by atomic mass is 79.9. The lowest BCUT2D eigenvalue weighted by Gasteiger charge is -1.92. The van der Waals surface area contributed by atoms with Gasteiger partial charge in [0.25, 0.3) is 0 Å². The molecule has 0 N–H and O–H groups in total. The molecular weight excluding hydrogens is 280 g/mol. The Hall–Kier alpha value is 0.460. The molecule has 0 bridgehead atoms. The van der Waals surface area contributed by atoms with Crippen molar-refractivity contribution in [2.24, 2.45) is 0 Å². The van der Waals surface area contributed by atoms with Gasteiger partial charge in [-0.25, -0.2) is 0 Å². The maximum atomic E-state index is 10.6. The van der Waals surface area contributed by atoms with Crippen LogP contribution in [0.1, 0.15) is 0 Å². The molecule has 0 unspecified atom stereocenters. The second kappa shape index (κ2) is 3.74. The van der Waals surface area contributed by atoms with Crippen molar-refractivity contribution < 1.29 is 4.79 Å². The summed E-state index contributed by atoms with van der Waals surface area (Å²) in [6.45, 7) is 0. The van der Waals surface area contributed by atoms with Crippen LogP contribution in [-0.2, 0) is 4.79 Å². The molecule has 0 aliphatic carbocycles. The molecule has 0 radical (unpaired) electrons. The van der Waals surface area contributed by atoms with Crippen LogP contribution in [-0.4, -0.2) is 8.85 Å². The molecule has 1 rings (SSSR count). The normalized spacial score (nSPS) is 21.5. The first kappa shape index (κ1) is 8.56. The maximum absolute atomic E-state index is 10.6. The second-order valence-electron chi connectivity index (χ2n) is 1.66. The van der Waals surface area contributed by atoms with Gasteiger partial charge in [0, 0.05) is 4.91 Å². The van der Waals surface area contributed by atoms with Crippen molar-refractivity contribution in [3.05, 3.63) is 23.1 Å². The van der Waals surface area contributed by atoms with Gasteiger partial charge in [-0.3, -0.25) is 4.79 Å². The molecular formula is C6H4Br2OS. The average Bonchev–Trinajstić information content (AvgIpc) is 2.13. The van der Waals surface area contributed by atoms with Crippen LogP contribution >= 0.6 is 43.6 Å². The molecule has 0 aromatic rings. The summed E-state index contributed by atoms with van der Waals surface area (Å²) in [5, 5.41) is 0.104. The van der Waals surface area contributed by atoms with Crippen LogP contribution in [0.15, 0.2) is 23.1 Å². The fourth-order valence-electron chi connectivity index (χ4n) is 0.548. The van der Waals surface area contributed by atoms with E-state index in [-0.39, 0.29) is 8.85 Å². The van der Waals surface area contributed by atoms with E-state index in [1.165, 1.54) is 11.8 Å². The SMILES string of the molecule is O=C1C=CC(=CC(Br)Br)S1. The van der Waals surface area contributed by atoms with Crippen molar-refractivity contribution >= 4 is 48.7 Å². The van der Waals surface area contributed by atoms with E-state index in [0.717, 1.165) is 4.91 Å². The molecule has 0 saturated carbocycles. The van der Waals surface area contributed by atoms with Gasteiger partial charge in [0.2, 0.25) is 5.12 Å². The smallest absolute Gasteiger partial charge is 0.216 e. The lowest BCUT2D eigenvalue weighted by atomic mass is 10.4. The molecule has 0 aromatic heterocycles. The number of carbonyl (C=O) groups excluding carboxylic acids is 1. The van der Waals surface area contributed by atoms with E-state index in [2.05, 4.69) is 31.9 Å². The van der Waals surface area contributed by atoms with Crippen molar-refractivity contribution in [1.29, 1.82) is 0 Å². The minimum Gasteiger partial charge on any atom is -0.282 e. The van der Waals surface area contributed by atoms with E-state index in [0.29, 0.717) is 0 Å². The molecule has 0 fully saturated rings. The van der Waals surface area contributed by atoms with Crippen molar-refractivity contribution in [2.45, 2.75) is 3.74 Å². The van der Waals surface area contributed by atoms with Crippen molar-refractivity contribution in [3.63, 3.8) is 0 Å². The standard InChI is InChI=1S/C6H4Br2OS/c7-5(8)3-4-1-2-6(9)10-4/h1-3,5H. The molecule has 1 aliphatic rings. The van der Waals surface area contributed by atoms with Crippen molar-refractivity contribution in [3.8, 4) is 0 Å². The van der Waals surface area contributed by atoms with Gasteiger partial charge in [0.05, 0.1) is 3.74 Å². The Balaban J connectivity index is 2.62. The molecule has 0 atom stereocenters. The van der Waals surface area contributed by atoms with E-state index in [9.17, 15) is 4.79 Å². The van der Waals surface area contributed by atoms with Crippen LogP contribution < -0.4 is 0 Å². The predicted molar refractivity (Wildman–Crippen MR) is 51.5 cm³/mol. The summed E-state index contributed by atoms with van der Waals surface area (Å²) in [6, 6.07) is 0. The zero-order valence-electron chi connectivity index (χ0n) is 4.88. The first-order valence-corrected chi connectivity index (χ1v) is 5.23. The average molecular weight is 284 g/mol. The Morgan fingerprint density at radius 3 is 2.60 bits per heavy atom. The van der Waals surface area contributed by atoms with E-state index < -0.39 is 0 Å². The van der Waals surface area contributed by atoms with Crippen molar-refractivity contribution in [1.82, 2.24) is 0 Å². The Morgan fingerprint density at radius 2 is 2.20 bits per heavy atom. The number of alkyl halides is 2. The first-order chi connectivity index (χ1) is 4.68. The van der Waals surface area contributed by atoms with Gasteiger partial charge in [-0.05, 0) is 30.0 Å². The minimum absolute atomic E-state index is 0.104. The van der Waals surface area contributed by atoms with Crippen LogP contribution in [0.3, 0.4) is 0 Å². The number of rotatable bonds is 1. The highest BCUT2D eigenvalue weighted by Crippen LogP contribution is 2.27. The maximum Gasteiger partial charge on any atom is 0.216 e. The predicted octanol–water partition coefficient (Wildman–Crippen LogP) is 2.82. The molecule has 54 valence electrons. The summed E-state index contributed by atoms with van der Waals surface area (Å²) in [7, 11) is 0. The van der Waals surface area contributed by atoms with Crippen LogP contribution in [0.5, 0.6) is 0 Å². The monoisotopic (exact) mass is 282 g/mol. The largest absolute Gasteiger partial charge is 0.282 e. The summed E-state index contributed by atoms with van der Waals surface area (Å²) in [5.74, 6) is 0. The highest BCUT2D eigenvalue weighted by molar-refractivity contribution is 9.24. The van der Waals surface area contributed by atoms with Crippen LogP contribution in [0.4, 0.5) is 0 Å². The summed E-state index contributed by atoms with van der Waals surface area (Å²) >= 11 is 7.82. The number of carbonyl (C=O) groups is 1. The van der Waals surface area contributed by atoms with Gasteiger partial charge >= 0.3 is 0 Å². The number of allylic oxidation sites excluding steroid dienone is 2. The molecule has 0 spiro atoms. The zero-order valence-corrected chi connectivity index (χ0v) is 8.87. The number of thioether (sulfide) groups is 1. The van der Waals surface area contributed by atoms with Crippen LogP contribution in [0, 0.1) is 0 Å². The zero-order chi connectivity index (χ0) is 7.56. The number of halogens is 2. The van der Waals surface area contributed by atoms with E-state index >= 15 is 0 Å². The van der Waals surface area contributed by atoms with Gasteiger partial charge in [0.15, 0.2) is 0 Å². The Labute approximate surface area is 80.2 Å². The van der Waals surface area contributed by atoms with E-state index in [4.69, 9.17) is 0 Å². The molecule has 1 nitrogen and oxygen atoms in total. The van der Waals surface area contributed by atoms with Gasteiger partial charge in [-0.15, -0.1) is 0 Å². The fourth-order valence-corrected chi connectivity index (χ4v) is 2.18. The molecule has 4 heteroatoms. The molecule has 1 aliphatic heterocycles. The third kappa shape index (κ3) is 2.60. The lowest BCUT2D eigenvalue weighted by Crippen LogP contribution is -1.78. The summed E-state index contributed by atoms with van der Waals surface area (Å²) in [4.78, 5) is 11.6. The van der Waals surface area contributed by atoms with Gasteiger partial charge in [0.1, 0.15) is 0 Å². The van der Waals surface area contributed by atoms with E-state index in [1.54, 1.807) is 6.08 Å². The highest BCUT2D eigenvalue weighted by Gasteiger charge is 2.09. The molecule has 1 heterocycles. The Kier molecular flexibility index (Phi) is 3.20. The summed E-state index contributed by atoms with van der Waals surface area (Å²) in [6.07, 6.45) is 5.30. The number of hydrogen-bond acceptors (Lipinski definition) is 2. The van der Waals surface area contributed by atoms with Gasteiger partial charge in [-0.1, -0.05) is 31.9 Å². The van der Waals surface area contributed by atoms with Crippen LogP contribution in [0.25, 0.3) is 0 Å². The lowest BCUT2D eigenvalue weighted by molar-refractivity contribution is -0.106. The molecule has 0 aromatic carbocycles.